The van der Waals surface area contributed by atoms with Crippen LogP contribution in [-0.4, -0.2) is 21.0 Å². The van der Waals surface area contributed by atoms with Gasteiger partial charge in [0, 0.05) is 28.6 Å². The molecule has 5 nitrogen and oxygen atoms in total. The minimum atomic E-state index is -0.451. The van der Waals surface area contributed by atoms with Crippen LogP contribution in [0.1, 0.15) is 58.3 Å². The first-order valence-electron chi connectivity index (χ1n) is 9.92. The summed E-state index contributed by atoms with van der Waals surface area (Å²) in [4.78, 5) is 17.0. The maximum atomic E-state index is 13.6. The van der Waals surface area contributed by atoms with Crippen LogP contribution in [0.3, 0.4) is 0 Å². The van der Waals surface area contributed by atoms with Crippen molar-refractivity contribution in [3.8, 4) is 0 Å². The number of aromatic nitrogens is 3. The molecule has 1 fully saturated rings. The highest BCUT2D eigenvalue weighted by molar-refractivity contribution is 8.00. The molecular weight excluding hydrogens is 382 g/mol. The molecule has 2 aromatic carbocycles. The molecule has 1 saturated carbocycles. The Morgan fingerprint density at radius 3 is 2.76 bits per heavy atom. The Kier molecular flexibility index (Phi) is 4.72. The molecule has 1 aliphatic carbocycles. The van der Waals surface area contributed by atoms with Gasteiger partial charge in [0.1, 0.15) is 5.25 Å². The highest BCUT2D eigenvalue weighted by atomic mass is 32.2. The monoisotopic (exact) mass is 403 g/mol. The van der Waals surface area contributed by atoms with Crippen LogP contribution in [0.25, 0.3) is 10.9 Å². The fourth-order valence-corrected chi connectivity index (χ4v) is 4.57. The maximum absolute atomic E-state index is 13.6. The van der Waals surface area contributed by atoms with Crippen LogP contribution in [0.15, 0.2) is 64.4 Å². The van der Waals surface area contributed by atoms with E-state index in [9.17, 15) is 4.79 Å². The number of nitrogens with one attached hydrogen (secondary N) is 1. The zero-order valence-corrected chi connectivity index (χ0v) is 16.9. The molecule has 2 heterocycles. The van der Waals surface area contributed by atoms with Gasteiger partial charge in [-0.25, -0.2) is 0 Å². The lowest BCUT2D eigenvalue weighted by atomic mass is 10.0. The van der Waals surface area contributed by atoms with E-state index in [2.05, 4.69) is 28.2 Å². The van der Waals surface area contributed by atoms with Gasteiger partial charge in [-0.3, -0.25) is 4.79 Å². The van der Waals surface area contributed by atoms with Crippen molar-refractivity contribution in [3.63, 3.8) is 0 Å². The SMILES string of the molecule is CCc1cccc2c(C(=O)[C@H](Sc3nnc(C4CC4)o3)c3ccccc3)c[nH]c12. The van der Waals surface area contributed by atoms with Gasteiger partial charge in [0.25, 0.3) is 5.22 Å². The number of benzene rings is 2. The van der Waals surface area contributed by atoms with Gasteiger partial charge in [-0.15, -0.1) is 10.2 Å². The van der Waals surface area contributed by atoms with Crippen LogP contribution in [-0.2, 0) is 6.42 Å². The molecule has 0 bridgehead atoms. The Hall–Kier alpha value is -2.86. The van der Waals surface area contributed by atoms with Crippen molar-refractivity contribution in [2.24, 2.45) is 0 Å². The molecular formula is C23H21N3O2S. The summed E-state index contributed by atoms with van der Waals surface area (Å²) < 4.78 is 5.83. The van der Waals surface area contributed by atoms with E-state index in [1.165, 1.54) is 17.3 Å². The number of thioether (sulfide) groups is 1. The summed E-state index contributed by atoms with van der Waals surface area (Å²) in [6.45, 7) is 2.12. The van der Waals surface area contributed by atoms with E-state index in [-0.39, 0.29) is 5.78 Å². The number of aromatic amines is 1. The average molecular weight is 404 g/mol. The standard InChI is InChI=1S/C23H21N3O2S/c1-2-14-9-6-10-17-18(13-24-19(14)17)20(27)21(15-7-4-3-5-8-15)29-23-26-25-22(28-23)16-11-12-16/h3-10,13,16,21,24H,2,11-12H2,1H3/t21-/m1/s1. The van der Waals surface area contributed by atoms with Gasteiger partial charge >= 0.3 is 0 Å². The molecule has 29 heavy (non-hydrogen) atoms. The molecule has 1 aliphatic rings. The van der Waals surface area contributed by atoms with Crippen molar-refractivity contribution in [3.05, 3.63) is 77.3 Å². The van der Waals surface area contributed by atoms with E-state index < -0.39 is 5.25 Å². The summed E-state index contributed by atoms with van der Waals surface area (Å²) in [6.07, 6.45) is 4.94. The first-order valence-corrected chi connectivity index (χ1v) is 10.8. The Labute approximate surface area is 172 Å². The predicted octanol–water partition coefficient (Wildman–Crippen LogP) is 5.71. The first-order chi connectivity index (χ1) is 14.2. The van der Waals surface area contributed by atoms with Crippen molar-refractivity contribution >= 4 is 28.4 Å². The van der Waals surface area contributed by atoms with Crippen LogP contribution in [0.2, 0.25) is 0 Å². The van der Waals surface area contributed by atoms with Gasteiger partial charge in [-0.1, -0.05) is 55.5 Å². The molecule has 0 spiro atoms. The van der Waals surface area contributed by atoms with Crippen molar-refractivity contribution in [2.75, 3.05) is 0 Å². The number of rotatable bonds is 7. The van der Waals surface area contributed by atoms with Crippen LogP contribution in [0.4, 0.5) is 0 Å². The summed E-state index contributed by atoms with van der Waals surface area (Å²) >= 11 is 1.33. The lowest BCUT2D eigenvalue weighted by Gasteiger charge is -2.13. The van der Waals surface area contributed by atoms with Gasteiger partial charge in [-0.2, -0.15) is 0 Å². The molecule has 0 unspecified atom stereocenters. The summed E-state index contributed by atoms with van der Waals surface area (Å²) in [5.41, 5.74) is 3.86. The molecule has 0 aliphatic heterocycles. The lowest BCUT2D eigenvalue weighted by Crippen LogP contribution is -2.09. The lowest BCUT2D eigenvalue weighted by molar-refractivity contribution is 0.0990. The molecule has 1 atom stereocenters. The second-order valence-electron chi connectivity index (χ2n) is 7.35. The Bertz CT molecular complexity index is 1160. The Morgan fingerprint density at radius 1 is 1.17 bits per heavy atom. The fourth-order valence-electron chi connectivity index (χ4n) is 3.62. The minimum Gasteiger partial charge on any atom is -0.416 e. The van der Waals surface area contributed by atoms with Gasteiger partial charge < -0.3 is 9.40 Å². The third-order valence-corrected chi connectivity index (χ3v) is 6.44. The third-order valence-electron chi connectivity index (χ3n) is 5.36. The number of Topliss-reactive ketones (excluding diaryl/α,β-unsaturated/α-hetero) is 1. The third kappa shape index (κ3) is 3.49. The van der Waals surface area contributed by atoms with E-state index in [4.69, 9.17) is 4.42 Å². The Morgan fingerprint density at radius 2 is 2.00 bits per heavy atom. The van der Waals surface area contributed by atoms with Gasteiger partial charge in [0.2, 0.25) is 5.89 Å². The number of para-hydroxylation sites is 1. The number of ketones is 1. The summed E-state index contributed by atoms with van der Waals surface area (Å²) in [6, 6.07) is 15.9. The summed E-state index contributed by atoms with van der Waals surface area (Å²) in [7, 11) is 0. The normalized spacial score (nSPS) is 14.9. The van der Waals surface area contributed by atoms with E-state index >= 15 is 0 Å². The van der Waals surface area contributed by atoms with E-state index in [1.54, 1.807) is 0 Å². The number of hydrogen-bond acceptors (Lipinski definition) is 5. The zero-order chi connectivity index (χ0) is 19.8. The van der Waals surface area contributed by atoms with Crippen LogP contribution in [0.5, 0.6) is 0 Å². The topological polar surface area (TPSA) is 71.8 Å². The molecule has 6 heteroatoms. The summed E-state index contributed by atoms with van der Waals surface area (Å²) in [5.74, 6) is 1.11. The number of H-pyrrole nitrogens is 1. The van der Waals surface area contributed by atoms with Gasteiger partial charge in [0.15, 0.2) is 5.78 Å². The molecule has 0 amide bonds. The van der Waals surface area contributed by atoms with E-state index in [0.29, 0.717) is 22.6 Å². The molecule has 0 radical (unpaired) electrons. The largest absolute Gasteiger partial charge is 0.416 e. The van der Waals surface area contributed by atoms with Crippen LogP contribution >= 0.6 is 11.8 Å². The predicted molar refractivity (Wildman–Crippen MR) is 113 cm³/mol. The number of aryl methyl sites for hydroxylation is 1. The average Bonchev–Trinajstić information content (AvgIpc) is 3.35. The van der Waals surface area contributed by atoms with E-state index in [1.807, 2.05) is 48.7 Å². The fraction of sp³-hybridized carbons (Fsp3) is 0.261. The Balaban J connectivity index is 1.52. The van der Waals surface area contributed by atoms with Crippen molar-refractivity contribution < 1.29 is 9.21 Å². The number of carbonyl (C=O) groups is 1. The van der Waals surface area contributed by atoms with Crippen molar-refractivity contribution in [2.45, 2.75) is 42.6 Å². The molecule has 2 aromatic heterocycles. The molecule has 146 valence electrons. The maximum Gasteiger partial charge on any atom is 0.277 e. The molecule has 1 N–H and O–H groups in total. The number of nitrogens with zero attached hydrogens (tertiary/aromatic N) is 2. The quantitative estimate of drug-likeness (QED) is 0.316. The second-order valence-corrected chi connectivity index (χ2v) is 8.41. The number of fused-ring (bicyclic) bond motifs is 1. The smallest absolute Gasteiger partial charge is 0.277 e. The van der Waals surface area contributed by atoms with E-state index in [0.717, 1.165) is 35.7 Å². The highest BCUT2D eigenvalue weighted by Gasteiger charge is 2.32. The van der Waals surface area contributed by atoms with Crippen molar-refractivity contribution in [1.29, 1.82) is 0 Å². The number of hydrogen-bond donors (Lipinski definition) is 1. The van der Waals surface area contributed by atoms with Gasteiger partial charge in [-0.05, 0) is 42.2 Å². The zero-order valence-electron chi connectivity index (χ0n) is 16.1. The summed E-state index contributed by atoms with van der Waals surface area (Å²) in [5, 5.41) is 9.30. The van der Waals surface area contributed by atoms with Gasteiger partial charge in [0.05, 0.1) is 0 Å². The second kappa shape index (κ2) is 7.52. The van der Waals surface area contributed by atoms with Crippen LogP contribution < -0.4 is 0 Å². The first kappa shape index (κ1) is 18.2. The minimum absolute atomic E-state index is 0.0341. The molecule has 0 saturated heterocycles. The van der Waals surface area contributed by atoms with Crippen LogP contribution in [0, 0.1) is 0 Å². The molecule has 4 aromatic rings. The number of carbonyl (C=O) groups excluding carboxylic acids is 1. The highest BCUT2D eigenvalue weighted by Crippen LogP contribution is 2.43. The molecule has 5 rings (SSSR count). The van der Waals surface area contributed by atoms with Crippen molar-refractivity contribution in [1.82, 2.24) is 15.2 Å².